The first-order valence-corrected chi connectivity index (χ1v) is 7.95. The van der Waals surface area contributed by atoms with Crippen LogP contribution in [0, 0.1) is 6.92 Å². The lowest BCUT2D eigenvalue weighted by atomic mass is 9.83. The van der Waals surface area contributed by atoms with E-state index in [-0.39, 0.29) is 17.0 Å². The van der Waals surface area contributed by atoms with Gasteiger partial charge in [-0.05, 0) is 18.6 Å². The third kappa shape index (κ3) is 2.68. The minimum Gasteiger partial charge on any atom is -0.465 e. The molecule has 3 rings (SSSR count). The Kier molecular flexibility index (Phi) is 4.30. The van der Waals surface area contributed by atoms with Crippen LogP contribution in [-0.4, -0.2) is 17.6 Å². The summed E-state index contributed by atoms with van der Waals surface area (Å²) in [6.07, 6.45) is 0. The summed E-state index contributed by atoms with van der Waals surface area (Å²) in [5.74, 6) is -1.23. The van der Waals surface area contributed by atoms with Crippen LogP contribution >= 0.6 is 11.6 Å². The molecule has 6 nitrogen and oxygen atoms in total. The van der Waals surface area contributed by atoms with Crippen molar-refractivity contribution in [3.8, 4) is 5.75 Å². The molecule has 25 heavy (non-hydrogen) atoms. The maximum atomic E-state index is 12.9. The van der Waals surface area contributed by atoms with Crippen molar-refractivity contribution in [3.05, 3.63) is 74.0 Å². The number of hydrogen-bond donors (Lipinski definition) is 1. The number of halogens is 1. The van der Waals surface area contributed by atoms with E-state index in [2.05, 4.69) is 0 Å². The highest BCUT2D eigenvalue weighted by Crippen LogP contribution is 2.43. The molecule has 1 aromatic heterocycles. The summed E-state index contributed by atoms with van der Waals surface area (Å²) >= 11 is 6.34. The fourth-order valence-electron chi connectivity index (χ4n) is 2.97. The maximum Gasteiger partial charge on any atom is 0.340 e. The summed E-state index contributed by atoms with van der Waals surface area (Å²) in [6.45, 7) is 1.78. The van der Waals surface area contributed by atoms with E-state index in [0.29, 0.717) is 27.6 Å². The van der Waals surface area contributed by atoms with Gasteiger partial charge < -0.3 is 19.8 Å². The SMILES string of the molecule is COC(=O)C1=C(N)Oc2cc(C)n(C)c(=O)c2[C@H]1c1ccccc1Cl. The van der Waals surface area contributed by atoms with Gasteiger partial charge in [0.15, 0.2) is 0 Å². The third-order valence-electron chi connectivity index (χ3n) is 4.35. The second-order valence-electron chi connectivity index (χ2n) is 5.75. The van der Waals surface area contributed by atoms with Crippen molar-refractivity contribution in [2.45, 2.75) is 12.8 Å². The number of aromatic nitrogens is 1. The van der Waals surface area contributed by atoms with E-state index < -0.39 is 11.9 Å². The van der Waals surface area contributed by atoms with Gasteiger partial charge in [-0.1, -0.05) is 29.8 Å². The van der Waals surface area contributed by atoms with E-state index >= 15 is 0 Å². The minimum atomic E-state index is -0.774. The highest BCUT2D eigenvalue weighted by molar-refractivity contribution is 6.31. The summed E-state index contributed by atoms with van der Waals surface area (Å²) in [5.41, 5.74) is 7.35. The van der Waals surface area contributed by atoms with E-state index in [0.717, 1.165) is 0 Å². The zero-order chi connectivity index (χ0) is 18.3. The molecule has 0 unspecified atom stereocenters. The average molecular weight is 361 g/mol. The van der Waals surface area contributed by atoms with Crippen molar-refractivity contribution in [2.24, 2.45) is 12.8 Å². The van der Waals surface area contributed by atoms with Crippen LogP contribution in [0.15, 0.2) is 46.6 Å². The molecule has 2 heterocycles. The van der Waals surface area contributed by atoms with Gasteiger partial charge in [0.1, 0.15) is 11.3 Å². The molecule has 0 radical (unpaired) electrons. The molecule has 7 heteroatoms. The fraction of sp³-hybridized carbons (Fsp3) is 0.222. The number of carbonyl (C=O) groups excluding carboxylic acids is 1. The summed E-state index contributed by atoms with van der Waals surface area (Å²) in [7, 11) is 2.90. The van der Waals surface area contributed by atoms with Gasteiger partial charge in [-0.15, -0.1) is 0 Å². The zero-order valence-corrected chi connectivity index (χ0v) is 14.8. The lowest BCUT2D eigenvalue weighted by Gasteiger charge is -2.28. The third-order valence-corrected chi connectivity index (χ3v) is 4.70. The number of ether oxygens (including phenoxy) is 2. The number of methoxy groups -OCH3 is 1. The zero-order valence-electron chi connectivity index (χ0n) is 14.0. The van der Waals surface area contributed by atoms with Gasteiger partial charge in [0.05, 0.1) is 18.6 Å². The Morgan fingerprint density at radius 1 is 1.36 bits per heavy atom. The largest absolute Gasteiger partial charge is 0.465 e. The molecular formula is C18H17ClN2O4. The Morgan fingerprint density at radius 2 is 2.04 bits per heavy atom. The minimum absolute atomic E-state index is 0.0593. The second-order valence-corrected chi connectivity index (χ2v) is 6.16. The van der Waals surface area contributed by atoms with Gasteiger partial charge in [-0.25, -0.2) is 4.79 Å². The molecule has 0 amide bonds. The van der Waals surface area contributed by atoms with Crippen molar-refractivity contribution in [1.82, 2.24) is 4.57 Å². The van der Waals surface area contributed by atoms with Crippen molar-refractivity contribution in [1.29, 1.82) is 0 Å². The molecular weight excluding hydrogens is 344 g/mol. The Bertz CT molecular complexity index is 962. The highest BCUT2D eigenvalue weighted by atomic mass is 35.5. The molecule has 130 valence electrons. The van der Waals surface area contributed by atoms with Gasteiger partial charge in [0.2, 0.25) is 5.88 Å². The average Bonchev–Trinajstić information content (AvgIpc) is 2.58. The Morgan fingerprint density at radius 3 is 2.68 bits per heavy atom. The van der Waals surface area contributed by atoms with Crippen molar-refractivity contribution in [2.75, 3.05) is 7.11 Å². The van der Waals surface area contributed by atoms with E-state index in [1.165, 1.54) is 11.7 Å². The normalized spacial score (nSPS) is 16.2. The summed E-state index contributed by atoms with van der Waals surface area (Å²) in [5, 5.41) is 0.414. The van der Waals surface area contributed by atoms with Crippen LogP contribution in [0.5, 0.6) is 5.75 Å². The first kappa shape index (κ1) is 17.1. The summed E-state index contributed by atoms with van der Waals surface area (Å²) < 4.78 is 11.9. The summed E-state index contributed by atoms with van der Waals surface area (Å²) in [6, 6.07) is 8.69. The molecule has 0 spiro atoms. The number of nitrogens with two attached hydrogens (primary N) is 1. The molecule has 0 saturated carbocycles. The maximum absolute atomic E-state index is 12.9. The van der Waals surface area contributed by atoms with Crippen LogP contribution in [0.2, 0.25) is 5.02 Å². The molecule has 1 aromatic carbocycles. The number of esters is 1. The predicted molar refractivity (Wildman–Crippen MR) is 93.6 cm³/mol. The number of hydrogen-bond acceptors (Lipinski definition) is 5. The predicted octanol–water partition coefficient (Wildman–Crippen LogP) is 2.21. The van der Waals surface area contributed by atoms with Gasteiger partial charge in [-0.2, -0.15) is 0 Å². The second kappa shape index (κ2) is 6.29. The Hall–Kier alpha value is -2.73. The van der Waals surface area contributed by atoms with Crippen molar-refractivity contribution >= 4 is 17.6 Å². The van der Waals surface area contributed by atoms with Gasteiger partial charge >= 0.3 is 5.97 Å². The van der Waals surface area contributed by atoms with Gasteiger partial charge in [0, 0.05) is 23.8 Å². The van der Waals surface area contributed by atoms with E-state index in [9.17, 15) is 9.59 Å². The summed E-state index contributed by atoms with van der Waals surface area (Å²) in [4.78, 5) is 25.3. The van der Waals surface area contributed by atoms with Crippen LogP contribution in [-0.2, 0) is 16.6 Å². The number of pyridine rings is 1. The Balaban J connectivity index is 2.39. The standard InChI is InChI=1S/C18H17ClN2O4/c1-9-8-12-14(17(22)21(9)2)13(10-6-4-5-7-11(10)19)15(16(20)25-12)18(23)24-3/h4-8,13H,20H2,1-3H3/t13-/m1/s1. The molecule has 1 aliphatic rings. The van der Waals surface area contributed by atoms with Gasteiger partial charge in [-0.3, -0.25) is 4.79 Å². The van der Waals surface area contributed by atoms with Crippen LogP contribution < -0.4 is 16.0 Å². The fourth-order valence-corrected chi connectivity index (χ4v) is 3.21. The molecule has 2 N–H and O–H groups in total. The highest BCUT2D eigenvalue weighted by Gasteiger charge is 2.38. The van der Waals surface area contributed by atoms with Crippen LogP contribution in [0.25, 0.3) is 0 Å². The molecule has 0 bridgehead atoms. The number of benzene rings is 1. The number of carbonyl (C=O) groups is 1. The Labute approximate surface area is 149 Å². The molecule has 0 fully saturated rings. The molecule has 2 aromatic rings. The molecule has 1 aliphatic heterocycles. The van der Waals surface area contributed by atoms with E-state index in [1.807, 2.05) is 0 Å². The monoisotopic (exact) mass is 360 g/mol. The quantitative estimate of drug-likeness (QED) is 0.830. The van der Waals surface area contributed by atoms with E-state index in [4.69, 9.17) is 26.8 Å². The molecule has 0 aliphatic carbocycles. The first-order valence-electron chi connectivity index (χ1n) is 7.57. The lowest BCUT2D eigenvalue weighted by molar-refractivity contribution is -0.136. The number of nitrogens with zero attached hydrogens (tertiary/aromatic N) is 1. The van der Waals surface area contributed by atoms with E-state index in [1.54, 1.807) is 44.3 Å². The topological polar surface area (TPSA) is 83.5 Å². The number of fused-ring (bicyclic) bond motifs is 1. The van der Waals surface area contributed by atoms with Gasteiger partial charge in [0.25, 0.3) is 5.56 Å². The lowest BCUT2D eigenvalue weighted by Crippen LogP contribution is -2.34. The first-order chi connectivity index (χ1) is 11.9. The van der Waals surface area contributed by atoms with Crippen LogP contribution in [0.3, 0.4) is 0 Å². The molecule has 0 saturated heterocycles. The number of rotatable bonds is 2. The van der Waals surface area contributed by atoms with Crippen molar-refractivity contribution in [3.63, 3.8) is 0 Å². The smallest absolute Gasteiger partial charge is 0.340 e. The number of aryl methyl sites for hydroxylation is 1. The van der Waals surface area contributed by atoms with Crippen molar-refractivity contribution < 1.29 is 14.3 Å². The van der Waals surface area contributed by atoms with Crippen LogP contribution in [0.4, 0.5) is 0 Å². The van der Waals surface area contributed by atoms with Crippen LogP contribution in [0.1, 0.15) is 22.7 Å². The molecule has 1 atom stereocenters.